The van der Waals surface area contributed by atoms with Gasteiger partial charge in [-0.3, -0.25) is 0 Å². The number of nitriles is 1. The molecule has 0 heterocycles. The third-order valence-electron chi connectivity index (χ3n) is 0.837. The van der Waals surface area contributed by atoms with Crippen LogP contribution in [0, 0.1) is 11.3 Å². The van der Waals surface area contributed by atoms with Crippen molar-refractivity contribution in [1.82, 2.24) is 0 Å². The van der Waals surface area contributed by atoms with Crippen molar-refractivity contribution in [2.45, 2.75) is 26.2 Å². The van der Waals surface area contributed by atoms with Crippen LogP contribution < -0.4 is 59.1 Å². The molecule has 0 spiro atoms. The number of hydrogen-bond donors (Lipinski definition) is 0. The number of unbranched alkanes of at least 4 members (excludes halogenated alkanes) is 2. The minimum Gasteiger partial charge on any atom is -0.724 e. The summed E-state index contributed by atoms with van der Waals surface area (Å²) in [5.41, 5.74) is 0. The molecule has 0 saturated heterocycles. The Balaban J connectivity index is -0.000000108. The van der Waals surface area contributed by atoms with Crippen LogP contribution in [0.2, 0.25) is 0 Å². The van der Waals surface area contributed by atoms with Crippen LogP contribution in [0.4, 0.5) is 0 Å². The first-order valence-electron chi connectivity index (χ1n) is 3.78. The first kappa shape index (κ1) is 27.6. The largest absolute Gasteiger partial charge is 1.00 e. The van der Waals surface area contributed by atoms with Gasteiger partial charge in [0, 0.05) is 6.42 Å². The van der Waals surface area contributed by atoms with E-state index in [-0.39, 0.29) is 59.1 Å². The molecule has 0 N–H and O–H groups in total. The first-order chi connectivity index (χ1) is 7.12. The average molecular weight is 321 g/mol. The van der Waals surface area contributed by atoms with Crippen LogP contribution in [0.3, 0.4) is 0 Å². The van der Waals surface area contributed by atoms with Gasteiger partial charge < -0.3 is 9.11 Å². The number of rotatable bonds is 5. The van der Waals surface area contributed by atoms with Crippen molar-refractivity contribution in [3.05, 3.63) is 0 Å². The summed E-state index contributed by atoms with van der Waals surface area (Å²) in [4.78, 5) is 0. The number of nitrogens with zero attached hydrogens (tertiary/aromatic N) is 1. The van der Waals surface area contributed by atoms with Gasteiger partial charge in [-0.05, 0) is 6.42 Å². The monoisotopic (exact) mass is 321 g/mol. The molecule has 0 aliphatic heterocycles. The molecule has 0 amide bonds. The summed E-state index contributed by atoms with van der Waals surface area (Å²) < 4.78 is 61.5. The van der Waals surface area contributed by atoms with E-state index in [1.165, 1.54) is 0 Å². The van der Waals surface area contributed by atoms with Gasteiger partial charge in [-0.25, -0.2) is 16.8 Å². The predicted molar refractivity (Wildman–Crippen MR) is 46.7 cm³/mol. The van der Waals surface area contributed by atoms with Crippen LogP contribution in [0.1, 0.15) is 26.2 Å². The van der Waals surface area contributed by atoms with Crippen LogP contribution >= 0.6 is 0 Å². The van der Waals surface area contributed by atoms with E-state index in [1.807, 2.05) is 0 Å². The van der Waals surface area contributed by atoms with E-state index in [0.717, 1.165) is 19.3 Å². The fourth-order valence-corrected chi connectivity index (χ4v) is 0.868. The molecule has 0 radical (unpaired) electrons. The van der Waals surface area contributed by atoms with E-state index in [1.54, 1.807) is 0 Å². The van der Waals surface area contributed by atoms with Gasteiger partial charge in [-0.1, -0.05) is 13.3 Å². The topological polar surface area (TPSA) is 157 Å². The first-order valence-corrected chi connectivity index (χ1v) is 6.45. The molecule has 0 aromatic rings. The van der Waals surface area contributed by atoms with E-state index in [9.17, 15) is 25.9 Å². The van der Waals surface area contributed by atoms with Gasteiger partial charge in [-0.2, -0.15) is 5.26 Å². The van der Waals surface area contributed by atoms with E-state index in [0.29, 0.717) is 0 Å². The second kappa shape index (κ2) is 14.6. The van der Waals surface area contributed by atoms with Crippen LogP contribution in [0.25, 0.3) is 0 Å². The standard InChI is InChI=1S/C5H9N.2Na.H2O8S2/c1-2-3-4-5-6;;;1-9(2,3)7-8-10(4,5)6/h2-4H2,1H3;;;(H,1,2,3)(H,4,5,6)/q;2*+1;/p-2. The van der Waals surface area contributed by atoms with Crippen molar-refractivity contribution in [3.63, 3.8) is 0 Å². The predicted octanol–water partition coefficient (Wildman–Crippen LogP) is -6.44. The van der Waals surface area contributed by atoms with Crippen molar-refractivity contribution in [1.29, 1.82) is 5.26 Å². The van der Waals surface area contributed by atoms with Crippen molar-refractivity contribution in [2.75, 3.05) is 0 Å². The Hall–Kier alpha value is 1.23. The van der Waals surface area contributed by atoms with Gasteiger partial charge in [0.05, 0.1) is 6.07 Å². The molecule has 0 unspecified atom stereocenters. The van der Waals surface area contributed by atoms with Crippen LogP contribution in [0.15, 0.2) is 0 Å². The molecule has 18 heavy (non-hydrogen) atoms. The molecular formula is C5H9NNa2O8S2. The Morgan fingerprint density at radius 1 is 1.06 bits per heavy atom. The average Bonchev–Trinajstić information content (AvgIpc) is 2.11. The minimum atomic E-state index is -5.31. The molecule has 0 aliphatic rings. The quantitative estimate of drug-likeness (QED) is 0.120. The third kappa shape index (κ3) is 36.0. The molecular weight excluding hydrogens is 312 g/mol. The normalized spacial score (nSPS) is 9.89. The van der Waals surface area contributed by atoms with E-state index < -0.39 is 20.8 Å². The molecule has 13 heteroatoms. The van der Waals surface area contributed by atoms with E-state index in [4.69, 9.17) is 5.26 Å². The summed E-state index contributed by atoms with van der Waals surface area (Å²) in [6, 6.07) is 2.07. The molecule has 0 bridgehead atoms. The molecule has 96 valence electrons. The molecule has 0 atom stereocenters. The van der Waals surface area contributed by atoms with E-state index >= 15 is 0 Å². The van der Waals surface area contributed by atoms with Gasteiger partial charge in [-0.15, -0.1) is 8.67 Å². The molecule has 0 aromatic heterocycles. The maximum absolute atomic E-state index is 9.37. The van der Waals surface area contributed by atoms with Crippen molar-refractivity contribution >= 4 is 20.8 Å². The summed E-state index contributed by atoms with van der Waals surface area (Å²) in [7, 11) is -10.6. The Bertz CT molecular complexity index is 381. The summed E-state index contributed by atoms with van der Waals surface area (Å²) in [6.07, 6.45) is 2.90. The molecule has 0 aliphatic carbocycles. The molecule has 0 rings (SSSR count). The van der Waals surface area contributed by atoms with Crippen LogP contribution in [0.5, 0.6) is 0 Å². The zero-order chi connectivity index (χ0) is 13.2. The smallest absolute Gasteiger partial charge is 0.724 e. The summed E-state index contributed by atoms with van der Waals surface area (Å²) in [5, 5.41) is 7.95. The van der Waals surface area contributed by atoms with Gasteiger partial charge in [0.15, 0.2) is 0 Å². The third-order valence-corrected chi connectivity index (χ3v) is 1.39. The maximum atomic E-state index is 9.37. The second-order valence-corrected chi connectivity index (χ2v) is 4.12. The van der Waals surface area contributed by atoms with Gasteiger partial charge in [0.2, 0.25) is 20.8 Å². The Kier molecular flexibility index (Phi) is 22.4. The van der Waals surface area contributed by atoms with Crippen molar-refractivity contribution in [2.24, 2.45) is 0 Å². The van der Waals surface area contributed by atoms with Crippen LogP contribution in [-0.4, -0.2) is 25.9 Å². The van der Waals surface area contributed by atoms with Gasteiger partial charge >= 0.3 is 59.1 Å². The summed E-state index contributed by atoms with van der Waals surface area (Å²) in [5.74, 6) is 0. The molecule has 0 saturated carbocycles. The zero-order valence-electron chi connectivity index (χ0n) is 10.2. The number of hydrogen-bond acceptors (Lipinski definition) is 9. The molecule has 9 nitrogen and oxygen atoms in total. The zero-order valence-corrected chi connectivity index (χ0v) is 15.8. The van der Waals surface area contributed by atoms with Crippen molar-refractivity contribution in [3.8, 4) is 6.07 Å². The maximum Gasteiger partial charge on any atom is 1.00 e. The van der Waals surface area contributed by atoms with Crippen molar-refractivity contribution < 1.29 is 93.7 Å². The Morgan fingerprint density at radius 2 is 1.39 bits per heavy atom. The van der Waals surface area contributed by atoms with Gasteiger partial charge in [0.25, 0.3) is 0 Å². The summed E-state index contributed by atoms with van der Waals surface area (Å²) >= 11 is 0. The Labute approximate surface area is 150 Å². The molecule has 0 aromatic carbocycles. The molecule has 0 fully saturated rings. The second-order valence-electron chi connectivity index (χ2n) is 2.21. The van der Waals surface area contributed by atoms with E-state index in [2.05, 4.69) is 21.7 Å². The van der Waals surface area contributed by atoms with Gasteiger partial charge in [0.1, 0.15) is 0 Å². The SMILES string of the molecule is CCCCC#N.O=S(=O)([O-])OOS(=O)(=O)[O-].[Na+].[Na+]. The fraction of sp³-hybridized carbons (Fsp3) is 0.800. The van der Waals surface area contributed by atoms with Crippen LogP contribution in [-0.2, 0) is 29.5 Å². The minimum absolute atomic E-state index is 0. The Morgan fingerprint density at radius 3 is 1.50 bits per heavy atom. The fourth-order valence-electron chi connectivity index (χ4n) is 0.324. The summed E-state index contributed by atoms with van der Waals surface area (Å²) in [6.45, 7) is 2.08.